The van der Waals surface area contributed by atoms with Crippen molar-refractivity contribution in [2.24, 2.45) is 0 Å². The summed E-state index contributed by atoms with van der Waals surface area (Å²) in [5, 5.41) is 4.49. The van der Waals surface area contributed by atoms with Crippen LogP contribution >= 0.6 is 0 Å². The third-order valence-electron chi connectivity index (χ3n) is 2.69. The molecule has 0 radical (unpaired) electrons. The van der Waals surface area contributed by atoms with Gasteiger partial charge < -0.3 is 0 Å². The number of aromatic nitrogens is 3. The zero-order chi connectivity index (χ0) is 11.5. The highest BCUT2D eigenvalue weighted by Gasteiger charge is 2.06. The van der Waals surface area contributed by atoms with Gasteiger partial charge in [0.1, 0.15) is 0 Å². The molecule has 0 atom stereocenters. The Balaban J connectivity index is 2.53. The lowest BCUT2D eigenvalue weighted by Crippen LogP contribution is -2.03. The average molecular weight is 217 g/mol. The summed E-state index contributed by atoms with van der Waals surface area (Å²) in [6.45, 7) is 6.40. The van der Waals surface area contributed by atoms with E-state index in [2.05, 4.69) is 36.1 Å². The number of hydrogen-bond donors (Lipinski definition) is 0. The maximum atomic E-state index is 4.63. The molecule has 0 N–H and O–H groups in total. The summed E-state index contributed by atoms with van der Waals surface area (Å²) in [7, 11) is 0. The first-order chi connectivity index (χ1) is 7.74. The van der Waals surface area contributed by atoms with Gasteiger partial charge in [0, 0.05) is 17.5 Å². The summed E-state index contributed by atoms with van der Waals surface area (Å²) in [4.78, 5) is 4.63. The van der Waals surface area contributed by atoms with E-state index in [-0.39, 0.29) is 0 Å². The van der Waals surface area contributed by atoms with E-state index in [4.69, 9.17) is 0 Å². The molecular formula is C13H19N3. The van der Waals surface area contributed by atoms with E-state index in [1.807, 2.05) is 11.4 Å². The molecule has 0 saturated heterocycles. The van der Waals surface area contributed by atoms with Gasteiger partial charge in [-0.25, -0.2) is 9.50 Å². The molecular weight excluding hydrogens is 198 g/mol. The van der Waals surface area contributed by atoms with Gasteiger partial charge in [-0.05, 0) is 25.8 Å². The number of fused-ring (bicyclic) bond motifs is 1. The molecule has 3 nitrogen and oxygen atoms in total. The molecule has 0 fully saturated rings. The van der Waals surface area contributed by atoms with Crippen LogP contribution in [0.3, 0.4) is 0 Å². The minimum absolute atomic E-state index is 0.993. The van der Waals surface area contributed by atoms with Crippen molar-refractivity contribution in [3.05, 3.63) is 29.2 Å². The van der Waals surface area contributed by atoms with Crippen molar-refractivity contribution in [1.29, 1.82) is 0 Å². The van der Waals surface area contributed by atoms with Crippen LogP contribution in [0, 0.1) is 6.92 Å². The standard InChI is InChI=1S/C13H19N3/c1-4-6-11-9-12(7-5-2)16-13(14-11)8-10(3)15-16/h8-9H,4-7H2,1-3H3. The van der Waals surface area contributed by atoms with Crippen LogP contribution < -0.4 is 0 Å². The Hall–Kier alpha value is -1.38. The van der Waals surface area contributed by atoms with Crippen molar-refractivity contribution in [3.63, 3.8) is 0 Å². The highest BCUT2D eigenvalue weighted by molar-refractivity contribution is 5.41. The van der Waals surface area contributed by atoms with Crippen LogP contribution in [-0.4, -0.2) is 14.6 Å². The molecule has 0 aliphatic rings. The maximum absolute atomic E-state index is 4.63. The summed E-state index contributed by atoms with van der Waals surface area (Å²) in [6.07, 6.45) is 4.40. The van der Waals surface area contributed by atoms with Crippen molar-refractivity contribution >= 4 is 5.65 Å². The molecule has 3 heteroatoms. The van der Waals surface area contributed by atoms with Crippen LogP contribution in [0.15, 0.2) is 12.1 Å². The normalized spacial score (nSPS) is 11.2. The van der Waals surface area contributed by atoms with E-state index in [1.54, 1.807) is 0 Å². The van der Waals surface area contributed by atoms with Gasteiger partial charge in [-0.1, -0.05) is 26.7 Å². The summed E-state index contributed by atoms with van der Waals surface area (Å²) in [5.41, 5.74) is 4.51. The van der Waals surface area contributed by atoms with Crippen LogP contribution in [0.25, 0.3) is 5.65 Å². The van der Waals surface area contributed by atoms with Crippen LogP contribution in [0.2, 0.25) is 0 Å². The lowest BCUT2D eigenvalue weighted by Gasteiger charge is -2.06. The Morgan fingerprint density at radius 2 is 1.88 bits per heavy atom. The van der Waals surface area contributed by atoms with Gasteiger partial charge in [-0.3, -0.25) is 0 Å². The molecule has 0 aromatic carbocycles. The van der Waals surface area contributed by atoms with Gasteiger partial charge in [-0.15, -0.1) is 0 Å². The Labute approximate surface area is 96.5 Å². The van der Waals surface area contributed by atoms with Gasteiger partial charge in [0.25, 0.3) is 0 Å². The molecule has 0 saturated carbocycles. The van der Waals surface area contributed by atoms with Crippen LogP contribution in [0.5, 0.6) is 0 Å². The van der Waals surface area contributed by atoms with Crippen molar-refractivity contribution in [2.45, 2.75) is 46.5 Å². The molecule has 2 aromatic rings. The first-order valence-corrected chi connectivity index (χ1v) is 6.09. The van der Waals surface area contributed by atoms with Crippen LogP contribution in [0.1, 0.15) is 43.8 Å². The van der Waals surface area contributed by atoms with Crippen molar-refractivity contribution < 1.29 is 0 Å². The van der Waals surface area contributed by atoms with Gasteiger partial charge in [0.15, 0.2) is 5.65 Å². The molecule has 0 spiro atoms. The minimum Gasteiger partial charge on any atom is -0.234 e. The Morgan fingerprint density at radius 1 is 1.12 bits per heavy atom. The molecule has 2 aromatic heterocycles. The van der Waals surface area contributed by atoms with E-state index < -0.39 is 0 Å². The number of hydrogen-bond acceptors (Lipinski definition) is 2. The highest BCUT2D eigenvalue weighted by atomic mass is 15.3. The van der Waals surface area contributed by atoms with Gasteiger partial charge in [0.05, 0.1) is 5.69 Å². The summed E-state index contributed by atoms with van der Waals surface area (Å²) >= 11 is 0. The maximum Gasteiger partial charge on any atom is 0.155 e. The second kappa shape index (κ2) is 4.64. The van der Waals surface area contributed by atoms with E-state index in [0.29, 0.717) is 0 Å². The number of rotatable bonds is 4. The van der Waals surface area contributed by atoms with Gasteiger partial charge >= 0.3 is 0 Å². The summed E-state index contributed by atoms with van der Waals surface area (Å²) in [6, 6.07) is 4.25. The van der Waals surface area contributed by atoms with Crippen LogP contribution in [0.4, 0.5) is 0 Å². The first-order valence-electron chi connectivity index (χ1n) is 6.09. The third kappa shape index (κ3) is 2.08. The fraction of sp³-hybridized carbons (Fsp3) is 0.538. The second-order valence-electron chi connectivity index (χ2n) is 4.29. The van der Waals surface area contributed by atoms with E-state index in [0.717, 1.165) is 37.0 Å². The molecule has 0 bridgehead atoms. The molecule has 0 amide bonds. The van der Waals surface area contributed by atoms with Crippen molar-refractivity contribution in [3.8, 4) is 0 Å². The van der Waals surface area contributed by atoms with E-state index in [1.165, 1.54) is 11.4 Å². The average Bonchev–Trinajstić information content (AvgIpc) is 2.60. The smallest absolute Gasteiger partial charge is 0.155 e. The first kappa shape index (κ1) is 11.1. The summed E-state index contributed by atoms with van der Waals surface area (Å²) < 4.78 is 1.98. The van der Waals surface area contributed by atoms with Crippen molar-refractivity contribution in [1.82, 2.24) is 14.6 Å². The van der Waals surface area contributed by atoms with Crippen molar-refractivity contribution in [2.75, 3.05) is 0 Å². The van der Waals surface area contributed by atoms with E-state index in [9.17, 15) is 0 Å². The Kier molecular flexibility index (Phi) is 3.22. The fourth-order valence-electron chi connectivity index (χ4n) is 2.03. The molecule has 0 aliphatic heterocycles. The number of nitrogens with zero attached hydrogens (tertiary/aromatic N) is 3. The zero-order valence-electron chi connectivity index (χ0n) is 10.3. The van der Waals surface area contributed by atoms with E-state index >= 15 is 0 Å². The summed E-state index contributed by atoms with van der Waals surface area (Å²) in [5.74, 6) is 0. The monoisotopic (exact) mass is 217 g/mol. The lowest BCUT2D eigenvalue weighted by atomic mass is 10.2. The molecule has 16 heavy (non-hydrogen) atoms. The zero-order valence-corrected chi connectivity index (χ0v) is 10.3. The van der Waals surface area contributed by atoms with Crippen LogP contribution in [-0.2, 0) is 12.8 Å². The van der Waals surface area contributed by atoms with Gasteiger partial charge in [-0.2, -0.15) is 5.10 Å². The highest BCUT2D eigenvalue weighted by Crippen LogP contribution is 2.12. The molecule has 0 aliphatic carbocycles. The molecule has 86 valence electrons. The third-order valence-corrected chi connectivity index (χ3v) is 2.69. The molecule has 2 heterocycles. The predicted molar refractivity (Wildman–Crippen MR) is 65.7 cm³/mol. The quantitative estimate of drug-likeness (QED) is 0.788. The Bertz CT molecular complexity index is 485. The SMILES string of the molecule is CCCc1cc(CCC)n2nc(C)cc2n1. The largest absolute Gasteiger partial charge is 0.234 e. The minimum atomic E-state index is 0.993. The predicted octanol–water partition coefficient (Wildman–Crippen LogP) is 2.94. The van der Waals surface area contributed by atoms with Gasteiger partial charge in [0.2, 0.25) is 0 Å². The fourth-order valence-corrected chi connectivity index (χ4v) is 2.03. The number of aryl methyl sites for hydroxylation is 3. The second-order valence-corrected chi connectivity index (χ2v) is 4.29. The molecule has 0 unspecified atom stereocenters. The Morgan fingerprint density at radius 3 is 2.56 bits per heavy atom. The molecule has 2 rings (SSSR count). The lowest BCUT2D eigenvalue weighted by molar-refractivity contribution is 0.772. The topological polar surface area (TPSA) is 30.2 Å².